The first-order valence-electron chi connectivity index (χ1n) is 13.5. The number of allylic oxidation sites excluding steroid dienone is 2. The molecule has 0 aromatic rings. The SMILES string of the molecule is CC1CCC(/C=C/C2CCCCC2P(=O)(C2CCCCC2)C2CCCCC2)CC1. The van der Waals surface area contributed by atoms with Crippen molar-refractivity contribution in [3.05, 3.63) is 12.2 Å². The Morgan fingerprint density at radius 3 is 1.69 bits per heavy atom. The van der Waals surface area contributed by atoms with Crippen LogP contribution in [0, 0.1) is 17.8 Å². The zero-order valence-corrected chi connectivity index (χ0v) is 20.1. The minimum atomic E-state index is -2.13. The molecule has 4 saturated carbocycles. The maximum absolute atomic E-state index is 15.1. The normalized spacial score (nSPS) is 36.4. The molecule has 1 nitrogen and oxygen atoms in total. The molecule has 4 aliphatic carbocycles. The van der Waals surface area contributed by atoms with Crippen LogP contribution in [-0.2, 0) is 4.57 Å². The Bertz CT molecular complexity index is 539. The van der Waals surface area contributed by atoms with Gasteiger partial charge in [0.1, 0.15) is 0 Å². The van der Waals surface area contributed by atoms with Crippen LogP contribution >= 0.6 is 7.14 Å². The van der Waals surface area contributed by atoms with Gasteiger partial charge in [-0.25, -0.2) is 0 Å². The highest BCUT2D eigenvalue weighted by Gasteiger charge is 2.49. The second-order valence-electron chi connectivity index (χ2n) is 11.3. The molecule has 0 amide bonds. The van der Waals surface area contributed by atoms with E-state index in [9.17, 15) is 0 Å². The van der Waals surface area contributed by atoms with Gasteiger partial charge in [-0.1, -0.05) is 83.3 Å². The van der Waals surface area contributed by atoms with Gasteiger partial charge < -0.3 is 4.57 Å². The molecule has 29 heavy (non-hydrogen) atoms. The van der Waals surface area contributed by atoms with Gasteiger partial charge in [0.2, 0.25) is 0 Å². The number of hydrogen-bond acceptors (Lipinski definition) is 1. The summed E-state index contributed by atoms with van der Waals surface area (Å²) in [6, 6.07) is 0. The van der Waals surface area contributed by atoms with Crippen molar-refractivity contribution in [3.8, 4) is 0 Å². The Morgan fingerprint density at radius 2 is 1.10 bits per heavy atom. The van der Waals surface area contributed by atoms with Gasteiger partial charge in [0.15, 0.2) is 0 Å². The summed E-state index contributed by atoms with van der Waals surface area (Å²) in [5, 5.41) is 0. The predicted molar refractivity (Wildman–Crippen MR) is 127 cm³/mol. The second kappa shape index (κ2) is 10.5. The lowest BCUT2D eigenvalue weighted by Crippen LogP contribution is -2.35. The lowest BCUT2D eigenvalue weighted by molar-refractivity contribution is 0.327. The van der Waals surface area contributed by atoms with Crippen LogP contribution in [0.4, 0.5) is 0 Å². The summed E-state index contributed by atoms with van der Waals surface area (Å²) in [5.41, 5.74) is 1.68. The fourth-order valence-corrected chi connectivity index (χ4v) is 12.9. The van der Waals surface area contributed by atoms with E-state index in [0.29, 0.717) is 22.9 Å². The molecule has 0 bridgehead atoms. The summed E-state index contributed by atoms with van der Waals surface area (Å²) in [6.45, 7) is 2.42. The maximum Gasteiger partial charge on any atom is 0.0970 e. The van der Waals surface area contributed by atoms with E-state index in [4.69, 9.17) is 0 Å². The van der Waals surface area contributed by atoms with Crippen LogP contribution in [0.1, 0.15) is 122 Å². The van der Waals surface area contributed by atoms with Gasteiger partial charge in [-0.3, -0.25) is 0 Å². The van der Waals surface area contributed by atoms with Gasteiger partial charge >= 0.3 is 0 Å². The third-order valence-electron chi connectivity index (χ3n) is 9.28. The van der Waals surface area contributed by atoms with Gasteiger partial charge in [-0.05, 0) is 69.1 Å². The van der Waals surface area contributed by atoms with E-state index in [0.717, 1.165) is 11.8 Å². The molecule has 0 N–H and O–H groups in total. The minimum absolute atomic E-state index is 0.529. The van der Waals surface area contributed by atoms with E-state index in [-0.39, 0.29) is 0 Å². The Morgan fingerprint density at radius 1 is 0.586 bits per heavy atom. The van der Waals surface area contributed by atoms with Gasteiger partial charge in [0, 0.05) is 17.0 Å². The van der Waals surface area contributed by atoms with E-state index < -0.39 is 7.14 Å². The standard InChI is InChI=1S/C27H47OP/c1-22-16-18-23(19-17-22)20-21-24-10-8-9-15-27(24)29(28,25-11-4-2-5-12-25)26-13-6-3-7-14-26/h20-27H,2-19H2,1H3/b21-20+. The summed E-state index contributed by atoms with van der Waals surface area (Å²) >= 11 is 0. The van der Waals surface area contributed by atoms with Crippen molar-refractivity contribution in [2.75, 3.05) is 0 Å². The Kier molecular flexibility index (Phi) is 8.05. The molecule has 0 spiro atoms. The monoisotopic (exact) mass is 418 g/mol. The van der Waals surface area contributed by atoms with Crippen LogP contribution in [0.15, 0.2) is 12.2 Å². The van der Waals surface area contributed by atoms with E-state index in [2.05, 4.69) is 19.1 Å². The zero-order chi connectivity index (χ0) is 20.1. The molecule has 0 aromatic heterocycles. The summed E-state index contributed by atoms with van der Waals surface area (Å²) < 4.78 is 15.1. The fourth-order valence-electron chi connectivity index (χ4n) is 7.45. The highest BCUT2D eigenvalue weighted by Crippen LogP contribution is 2.69. The smallest absolute Gasteiger partial charge is 0.0970 e. The number of rotatable bonds is 5. The largest absolute Gasteiger partial charge is 0.323 e. The molecule has 4 aliphatic rings. The average molecular weight is 419 g/mol. The van der Waals surface area contributed by atoms with E-state index in [1.54, 1.807) is 0 Å². The second-order valence-corrected chi connectivity index (χ2v) is 14.9. The molecular formula is C27H47OP. The zero-order valence-electron chi connectivity index (χ0n) is 19.2. The predicted octanol–water partition coefficient (Wildman–Crippen LogP) is 8.96. The Balaban J connectivity index is 1.54. The third kappa shape index (κ3) is 5.25. The van der Waals surface area contributed by atoms with Crippen LogP contribution in [0.25, 0.3) is 0 Å². The van der Waals surface area contributed by atoms with Gasteiger partial charge in [0.05, 0.1) is 7.14 Å². The van der Waals surface area contributed by atoms with Crippen LogP contribution in [0.5, 0.6) is 0 Å². The highest BCUT2D eigenvalue weighted by molar-refractivity contribution is 7.66. The minimum Gasteiger partial charge on any atom is -0.323 e. The van der Waals surface area contributed by atoms with E-state index in [1.165, 1.54) is 116 Å². The topological polar surface area (TPSA) is 17.1 Å². The van der Waals surface area contributed by atoms with Gasteiger partial charge in [0.25, 0.3) is 0 Å². The van der Waals surface area contributed by atoms with Crippen molar-refractivity contribution < 1.29 is 4.57 Å². The van der Waals surface area contributed by atoms with Crippen LogP contribution in [-0.4, -0.2) is 17.0 Å². The molecule has 4 fully saturated rings. The van der Waals surface area contributed by atoms with Crippen LogP contribution < -0.4 is 0 Å². The van der Waals surface area contributed by atoms with Crippen molar-refractivity contribution in [1.82, 2.24) is 0 Å². The molecular weight excluding hydrogens is 371 g/mol. The lowest BCUT2D eigenvalue weighted by atomic mass is 9.81. The molecule has 166 valence electrons. The molecule has 0 saturated heterocycles. The molecule has 0 aromatic carbocycles. The first-order valence-corrected chi connectivity index (χ1v) is 15.4. The lowest BCUT2D eigenvalue weighted by Gasteiger charge is -2.46. The van der Waals surface area contributed by atoms with Crippen molar-refractivity contribution >= 4 is 7.14 Å². The molecule has 0 aliphatic heterocycles. The molecule has 0 radical (unpaired) electrons. The van der Waals surface area contributed by atoms with E-state index >= 15 is 4.57 Å². The third-order valence-corrected chi connectivity index (χ3v) is 14.3. The van der Waals surface area contributed by atoms with Gasteiger partial charge in [-0.2, -0.15) is 0 Å². The Labute approximate surface area is 181 Å². The number of hydrogen-bond donors (Lipinski definition) is 0. The summed E-state index contributed by atoms with van der Waals surface area (Å²) in [6.07, 6.45) is 29.3. The molecule has 2 atom stereocenters. The summed E-state index contributed by atoms with van der Waals surface area (Å²) in [5.74, 6) is 2.36. The van der Waals surface area contributed by atoms with Crippen molar-refractivity contribution in [3.63, 3.8) is 0 Å². The van der Waals surface area contributed by atoms with E-state index in [1.807, 2.05) is 0 Å². The Hall–Kier alpha value is -0.0300. The fraction of sp³-hybridized carbons (Fsp3) is 0.926. The highest BCUT2D eigenvalue weighted by atomic mass is 31.2. The summed E-state index contributed by atoms with van der Waals surface area (Å²) in [7, 11) is -2.13. The van der Waals surface area contributed by atoms with Crippen molar-refractivity contribution in [2.45, 2.75) is 139 Å². The molecule has 4 rings (SSSR count). The quantitative estimate of drug-likeness (QED) is 0.321. The maximum atomic E-state index is 15.1. The molecule has 2 unspecified atom stereocenters. The van der Waals surface area contributed by atoms with Crippen molar-refractivity contribution in [1.29, 1.82) is 0 Å². The summed E-state index contributed by atoms with van der Waals surface area (Å²) in [4.78, 5) is 0. The average Bonchev–Trinajstić information content (AvgIpc) is 2.79. The van der Waals surface area contributed by atoms with Crippen LogP contribution in [0.3, 0.4) is 0 Å². The van der Waals surface area contributed by atoms with Gasteiger partial charge in [-0.15, -0.1) is 0 Å². The molecule has 0 heterocycles. The molecule has 2 heteroatoms. The van der Waals surface area contributed by atoms with Crippen molar-refractivity contribution in [2.24, 2.45) is 17.8 Å². The first kappa shape index (κ1) is 22.2. The first-order chi connectivity index (χ1) is 14.2. The van der Waals surface area contributed by atoms with Crippen LogP contribution in [0.2, 0.25) is 0 Å².